The molecule has 0 aliphatic carbocycles. The summed E-state index contributed by atoms with van der Waals surface area (Å²) in [5.74, 6) is -0.0844. The van der Waals surface area contributed by atoms with Crippen LogP contribution in [-0.4, -0.2) is 18.0 Å². The van der Waals surface area contributed by atoms with E-state index in [2.05, 4.69) is 10.3 Å². The second kappa shape index (κ2) is 7.25. The smallest absolute Gasteiger partial charge is 0.266 e. The van der Waals surface area contributed by atoms with Crippen LogP contribution in [0.3, 0.4) is 0 Å². The molecular formula is C16H12ClN3O2. The first-order valence-corrected chi connectivity index (χ1v) is 6.68. The zero-order valence-corrected chi connectivity index (χ0v) is 12.5. The number of amides is 1. The molecule has 1 aromatic carbocycles. The molecule has 0 radical (unpaired) electrons. The number of nitrogens with one attached hydrogen (secondary N) is 1. The second-order valence-corrected chi connectivity index (χ2v) is 4.69. The number of carbonyl (C=O) groups is 1. The Morgan fingerprint density at radius 1 is 1.36 bits per heavy atom. The number of benzene rings is 1. The van der Waals surface area contributed by atoms with Gasteiger partial charge in [-0.3, -0.25) is 9.78 Å². The minimum absolute atomic E-state index is 0.0340. The van der Waals surface area contributed by atoms with Crippen LogP contribution < -0.4 is 10.1 Å². The van der Waals surface area contributed by atoms with Crippen molar-refractivity contribution in [3.8, 4) is 11.8 Å². The molecule has 1 heterocycles. The molecule has 1 aromatic heterocycles. The molecule has 0 unspecified atom stereocenters. The third-order valence-corrected chi connectivity index (χ3v) is 3.03. The first kappa shape index (κ1) is 15.5. The Kier molecular flexibility index (Phi) is 5.12. The lowest BCUT2D eigenvalue weighted by Gasteiger charge is -2.10. The number of carbonyl (C=O) groups excluding carboxylic acids is 1. The van der Waals surface area contributed by atoms with Crippen molar-refractivity contribution >= 4 is 29.3 Å². The molecular weight excluding hydrogens is 302 g/mol. The molecule has 1 N–H and O–H groups in total. The van der Waals surface area contributed by atoms with Gasteiger partial charge in [0.15, 0.2) is 0 Å². The zero-order valence-electron chi connectivity index (χ0n) is 11.7. The van der Waals surface area contributed by atoms with Gasteiger partial charge in [0.2, 0.25) is 0 Å². The molecule has 22 heavy (non-hydrogen) atoms. The molecule has 0 atom stereocenters. The highest BCUT2D eigenvalue weighted by Crippen LogP contribution is 2.28. The van der Waals surface area contributed by atoms with Crippen molar-refractivity contribution in [3.63, 3.8) is 0 Å². The number of anilines is 1. The number of rotatable bonds is 4. The predicted octanol–water partition coefficient (Wildman–Crippen LogP) is 3.29. The largest absolute Gasteiger partial charge is 0.495 e. The van der Waals surface area contributed by atoms with E-state index < -0.39 is 5.91 Å². The molecule has 0 aliphatic heterocycles. The van der Waals surface area contributed by atoms with Gasteiger partial charge in [0.1, 0.15) is 17.4 Å². The van der Waals surface area contributed by atoms with Gasteiger partial charge >= 0.3 is 0 Å². The maximum absolute atomic E-state index is 12.2. The number of aromatic nitrogens is 1. The lowest BCUT2D eigenvalue weighted by Crippen LogP contribution is -2.14. The van der Waals surface area contributed by atoms with Crippen molar-refractivity contribution in [2.45, 2.75) is 0 Å². The lowest BCUT2D eigenvalue weighted by atomic mass is 10.1. The number of nitriles is 1. The van der Waals surface area contributed by atoms with Gasteiger partial charge < -0.3 is 10.1 Å². The molecule has 2 aromatic rings. The Labute approximate surface area is 132 Å². The van der Waals surface area contributed by atoms with Crippen LogP contribution in [0.5, 0.6) is 5.75 Å². The minimum atomic E-state index is -0.542. The average Bonchev–Trinajstić information content (AvgIpc) is 2.53. The monoisotopic (exact) mass is 313 g/mol. The maximum Gasteiger partial charge on any atom is 0.266 e. The normalized spacial score (nSPS) is 10.7. The Hall–Kier alpha value is -2.84. The fraction of sp³-hybridized carbons (Fsp3) is 0.0625. The van der Waals surface area contributed by atoms with E-state index in [-0.39, 0.29) is 5.57 Å². The highest BCUT2D eigenvalue weighted by molar-refractivity contribution is 6.31. The van der Waals surface area contributed by atoms with Crippen LogP contribution in [-0.2, 0) is 4.79 Å². The molecule has 110 valence electrons. The van der Waals surface area contributed by atoms with E-state index in [1.54, 1.807) is 42.7 Å². The number of ether oxygens (including phenoxy) is 1. The van der Waals surface area contributed by atoms with Crippen LogP contribution in [0.4, 0.5) is 5.69 Å². The summed E-state index contributed by atoms with van der Waals surface area (Å²) in [5, 5.41) is 12.2. The van der Waals surface area contributed by atoms with Crippen LogP contribution in [0, 0.1) is 11.3 Å². The fourth-order valence-corrected chi connectivity index (χ4v) is 1.91. The zero-order chi connectivity index (χ0) is 15.9. The molecule has 5 nitrogen and oxygen atoms in total. The summed E-state index contributed by atoms with van der Waals surface area (Å²) in [6.07, 6.45) is 4.64. The highest BCUT2D eigenvalue weighted by atomic mass is 35.5. The summed E-state index contributed by atoms with van der Waals surface area (Å²) in [6.45, 7) is 0. The third kappa shape index (κ3) is 3.84. The average molecular weight is 314 g/mol. The maximum atomic E-state index is 12.2. The van der Waals surface area contributed by atoms with Gasteiger partial charge in [0.25, 0.3) is 5.91 Å². The van der Waals surface area contributed by atoms with Gasteiger partial charge in [-0.15, -0.1) is 0 Å². The molecule has 2 rings (SSSR count). The van der Waals surface area contributed by atoms with Gasteiger partial charge in [-0.2, -0.15) is 5.26 Å². The SMILES string of the molecule is COc1ccc(Cl)cc1NC(=O)C(C#N)=Cc1ccncc1. The van der Waals surface area contributed by atoms with E-state index in [4.69, 9.17) is 21.6 Å². The summed E-state index contributed by atoms with van der Waals surface area (Å²) in [7, 11) is 1.48. The molecule has 6 heteroatoms. The Bertz CT molecular complexity index is 752. The highest BCUT2D eigenvalue weighted by Gasteiger charge is 2.12. The van der Waals surface area contributed by atoms with Crippen LogP contribution in [0.2, 0.25) is 5.02 Å². The summed E-state index contributed by atoms with van der Waals surface area (Å²) in [4.78, 5) is 16.1. The van der Waals surface area contributed by atoms with Crippen LogP contribution in [0.25, 0.3) is 6.08 Å². The molecule has 0 spiro atoms. The molecule has 0 fully saturated rings. The van der Waals surface area contributed by atoms with Crippen molar-refractivity contribution in [1.29, 1.82) is 5.26 Å². The second-order valence-electron chi connectivity index (χ2n) is 4.25. The van der Waals surface area contributed by atoms with E-state index in [0.29, 0.717) is 22.0 Å². The predicted molar refractivity (Wildman–Crippen MR) is 84.5 cm³/mol. The topological polar surface area (TPSA) is 75.0 Å². The number of pyridine rings is 1. The lowest BCUT2D eigenvalue weighted by molar-refractivity contribution is -0.112. The number of halogens is 1. The Balaban J connectivity index is 2.26. The van der Waals surface area contributed by atoms with Crippen molar-refractivity contribution in [2.24, 2.45) is 0 Å². The van der Waals surface area contributed by atoms with Gasteiger partial charge in [-0.25, -0.2) is 0 Å². The number of hydrogen-bond donors (Lipinski definition) is 1. The third-order valence-electron chi connectivity index (χ3n) is 2.79. The first-order valence-electron chi connectivity index (χ1n) is 6.30. The Morgan fingerprint density at radius 3 is 2.73 bits per heavy atom. The van der Waals surface area contributed by atoms with Crippen molar-refractivity contribution < 1.29 is 9.53 Å². The minimum Gasteiger partial charge on any atom is -0.495 e. The van der Waals surface area contributed by atoms with Crippen LogP contribution in [0.1, 0.15) is 5.56 Å². The van der Waals surface area contributed by atoms with Crippen LogP contribution in [0.15, 0.2) is 48.3 Å². The molecule has 0 aliphatic rings. The van der Waals surface area contributed by atoms with Gasteiger partial charge in [-0.1, -0.05) is 11.6 Å². The number of methoxy groups -OCH3 is 1. The standard InChI is InChI=1S/C16H12ClN3O2/c1-22-15-3-2-13(17)9-14(15)20-16(21)12(10-18)8-11-4-6-19-7-5-11/h2-9H,1H3,(H,20,21). The van der Waals surface area contributed by atoms with Gasteiger partial charge in [0, 0.05) is 17.4 Å². The first-order chi connectivity index (χ1) is 10.6. The Morgan fingerprint density at radius 2 is 2.09 bits per heavy atom. The fourth-order valence-electron chi connectivity index (χ4n) is 1.74. The molecule has 0 bridgehead atoms. The van der Waals surface area contributed by atoms with Crippen molar-refractivity contribution in [3.05, 3.63) is 58.9 Å². The van der Waals surface area contributed by atoms with E-state index in [0.717, 1.165) is 0 Å². The van der Waals surface area contributed by atoms with Gasteiger partial charge in [0.05, 0.1) is 12.8 Å². The van der Waals surface area contributed by atoms with E-state index in [1.807, 2.05) is 6.07 Å². The number of nitrogens with zero attached hydrogens (tertiary/aromatic N) is 2. The summed E-state index contributed by atoms with van der Waals surface area (Å²) < 4.78 is 5.15. The summed E-state index contributed by atoms with van der Waals surface area (Å²) in [5.41, 5.74) is 1.07. The van der Waals surface area contributed by atoms with E-state index >= 15 is 0 Å². The van der Waals surface area contributed by atoms with E-state index in [1.165, 1.54) is 13.2 Å². The van der Waals surface area contributed by atoms with Gasteiger partial charge in [-0.05, 0) is 42.0 Å². The van der Waals surface area contributed by atoms with Crippen LogP contribution >= 0.6 is 11.6 Å². The van der Waals surface area contributed by atoms with E-state index in [9.17, 15) is 4.79 Å². The summed E-state index contributed by atoms with van der Waals surface area (Å²) >= 11 is 5.91. The van der Waals surface area contributed by atoms with Crippen molar-refractivity contribution in [1.82, 2.24) is 4.98 Å². The number of hydrogen-bond acceptors (Lipinski definition) is 4. The summed E-state index contributed by atoms with van der Waals surface area (Å²) in [6, 6.07) is 10.1. The molecule has 0 saturated carbocycles. The van der Waals surface area contributed by atoms with Crippen molar-refractivity contribution in [2.75, 3.05) is 12.4 Å². The molecule has 1 amide bonds. The molecule has 0 saturated heterocycles. The quantitative estimate of drug-likeness (QED) is 0.694.